The molecule has 1 aliphatic heterocycles. The van der Waals surface area contributed by atoms with Crippen LogP contribution >= 0.6 is 46.6 Å². The number of halogens is 3. The molecule has 1 aromatic rings. The molecular formula is C16H16Cl3NOS. The van der Waals surface area contributed by atoms with Crippen molar-refractivity contribution in [2.24, 2.45) is 10.9 Å². The predicted molar refractivity (Wildman–Crippen MR) is 97.4 cm³/mol. The second-order valence-corrected chi connectivity index (χ2v) is 7.52. The van der Waals surface area contributed by atoms with E-state index in [4.69, 9.17) is 34.8 Å². The molecule has 0 spiro atoms. The van der Waals surface area contributed by atoms with Gasteiger partial charge in [0.05, 0.1) is 15.1 Å². The molecule has 0 N–H and O–H groups in total. The highest BCUT2D eigenvalue weighted by Crippen LogP contribution is 2.35. The molecule has 0 saturated carbocycles. The van der Waals surface area contributed by atoms with Crippen molar-refractivity contribution in [1.29, 1.82) is 0 Å². The van der Waals surface area contributed by atoms with Crippen molar-refractivity contribution in [2.75, 3.05) is 0 Å². The van der Waals surface area contributed by atoms with Gasteiger partial charge in [-0.3, -0.25) is 4.79 Å². The Labute approximate surface area is 149 Å². The van der Waals surface area contributed by atoms with E-state index in [-0.39, 0.29) is 11.8 Å². The van der Waals surface area contributed by atoms with Crippen LogP contribution in [0.25, 0.3) is 0 Å². The Morgan fingerprint density at radius 3 is 2.68 bits per heavy atom. The van der Waals surface area contributed by atoms with Crippen LogP contribution in [0.1, 0.15) is 32.3 Å². The first kappa shape index (κ1) is 17.9. The smallest absolute Gasteiger partial charge is 0.267 e. The molecule has 0 radical (unpaired) electrons. The summed E-state index contributed by atoms with van der Waals surface area (Å²) in [6.45, 7) is 4.04. The van der Waals surface area contributed by atoms with Gasteiger partial charge in [0.1, 0.15) is 0 Å². The van der Waals surface area contributed by atoms with Crippen molar-refractivity contribution in [3.05, 3.63) is 44.4 Å². The first-order valence-electron chi connectivity index (χ1n) is 6.93. The van der Waals surface area contributed by atoms with Crippen molar-refractivity contribution in [2.45, 2.75) is 32.4 Å². The first-order chi connectivity index (χ1) is 10.4. The number of rotatable bonds is 2. The number of carbonyl (C=O) groups is 1. The lowest BCUT2D eigenvalue weighted by Gasteiger charge is -2.17. The molecule has 1 atom stereocenters. The average molecular weight is 377 g/mol. The summed E-state index contributed by atoms with van der Waals surface area (Å²) in [6, 6.07) is 3.40. The fourth-order valence-corrected chi connectivity index (χ4v) is 4.11. The van der Waals surface area contributed by atoms with Crippen LogP contribution in [0.2, 0.25) is 15.1 Å². The molecule has 118 valence electrons. The van der Waals surface area contributed by atoms with E-state index < -0.39 is 0 Å². The first-order valence-corrected chi connectivity index (χ1v) is 9.05. The fraction of sp³-hybridized carbons (Fsp3) is 0.375. The second-order valence-electron chi connectivity index (χ2n) is 5.33. The Morgan fingerprint density at radius 1 is 1.27 bits per heavy atom. The molecule has 0 bridgehead atoms. The molecule has 1 aromatic carbocycles. The van der Waals surface area contributed by atoms with Crippen LogP contribution < -0.4 is 0 Å². The molecule has 2 rings (SSSR count). The van der Waals surface area contributed by atoms with Crippen LogP contribution in [0.4, 0.5) is 0 Å². The number of carbonyl (C=O) groups excluding carboxylic acids is 1. The molecule has 0 aliphatic carbocycles. The van der Waals surface area contributed by atoms with Crippen LogP contribution in [0.15, 0.2) is 28.8 Å². The number of thioether (sulfide) groups is 1. The maximum atomic E-state index is 11.9. The van der Waals surface area contributed by atoms with Gasteiger partial charge in [-0.05, 0) is 31.9 Å². The zero-order valence-electron chi connectivity index (χ0n) is 12.3. The predicted octanol–water partition coefficient (Wildman–Crippen LogP) is 6.18. The maximum Gasteiger partial charge on any atom is 0.270 e. The molecule has 1 heterocycles. The van der Waals surface area contributed by atoms with Gasteiger partial charge < -0.3 is 0 Å². The van der Waals surface area contributed by atoms with Crippen LogP contribution in [-0.4, -0.2) is 11.0 Å². The zero-order chi connectivity index (χ0) is 16.3. The lowest BCUT2D eigenvalue weighted by atomic mass is 10.0. The van der Waals surface area contributed by atoms with Crippen LogP contribution in [0, 0.1) is 5.92 Å². The van der Waals surface area contributed by atoms with E-state index in [0.29, 0.717) is 20.8 Å². The van der Waals surface area contributed by atoms with Gasteiger partial charge in [0.25, 0.3) is 5.91 Å². The number of hydrogen-bond acceptors (Lipinski definition) is 2. The number of amides is 1. The third-order valence-electron chi connectivity index (χ3n) is 3.49. The summed E-state index contributed by atoms with van der Waals surface area (Å²) in [6.07, 6.45) is 3.48. The van der Waals surface area contributed by atoms with E-state index in [1.807, 2.05) is 6.92 Å². The van der Waals surface area contributed by atoms with Gasteiger partial charge in [-0.15, -0.1) is 11.8 Å². The lowest BCUT2D eigenvalue weighted by molar-refractivity contribution is -0.113. The van der Waals surface area contributed by atoms with E-state index in [1.165, 1.54) is 11.8 Å². The summed E-state index contributed by atoms with van der Waals surface area (Å²) in [4.78, 5) is 16.1. The van der Waals surface area contributed by atoms with Crippen LogP contribution in [0.3, 0.4) is 0 Å². The number of allylic oxidation sites excluding steroid dienone is 1. The van der Waals surface area contributed by atoms with E-state index in [0.717, 1.165) is 29.0 Å². The molecular weight excluding hydrogens is 361 g/mol. The molecule has 0 aromatic heterocycles. The summed E-state index contributed by atoms with van der Waals surface area (Å²) >= 11 is 19.9. The largest absolute Gasteiger partial charge is 0.270 e. The van der Waals surface area contributed by atoms with Crippen molar-refractivity contribution in [1.82, 2.24) is 0 Å². The second kappa shape index (κ2) is 7.87. The Kier molecular flexibility index (Phi) is 6.39. The summed E-state index contributed by atoms with van der Waals surface area (Å²) in [5.74, 6) is 0.571. The fourth-order valence-electron chi connectivity index (χ4n) is 2.12. The minimum absolute atomic E-state index is 0.199. The molecule has 0 fully saturated rings. The van der Waals surface area contributed by atoms with Gasteiger partial charge in [-0.1, -0.05) is 47.3 Å². The molecule has 1 unspecified atom stereocenters. The highest BCUT2D eigenvalue weighted by atomic mass is 35.5. The van der Waals surface area contributed by atoms with Crippen molar-refractivity contribution >= 4 is 57.5 Å². The molecule has 6 heteroatoms. The third kappa shape index (κ3) is 4.51. The van der Waals surface area contributed by atoms with E-state index in [2.05, 4.69) is 11.9 Å². The standard InChI is InChI=1S/C16H16Cl3NOS/c1-9-3-4-10(2)16(20-14(21)7-9)22-8-11-12(17)5-6-13(18)15(11)19/h5-7,10H,3-4,8H2,1-2H3/b9-7-,20-16?. The summed E-state index contributed by atoms with van der Waals surface area (Å²) in [7, 11) is 0. The zero-order valence-corrected chi connectivity index (χ0v) is 15.4. The SMILES string of the molecule is C/C1=C/C(=O)N=C(SCc2c(Cl)ccc(Cl)c2Cl)C(C)CC1. The Morgan fingerprint density at radius 2 is 1.95 bits per heavy atom. The molecule has 0 saturated heterocycles. The molecule has 2 nitrogen and oxygen atoms in total. The van der Waals surface area contributed by atoms with Crippen LogP contribution in [-0.2, 0) is 10.5 Å². The van der Waals surface area contributed by atoms with Gasteiger partial charge in [0.15, 0.2) is 0 Å². The summed E-state index contributed by atoms with van der Waals surface area (Å²) in [5, 5.41) is 2.33. The highest BCUT2D eigenvalue weighted by molar-refractivity contribution is 8.13. The number of hydrogen-bond donors (Lipinski definition) is 0. The monoisotopic (exact) mass is 375 g/mol. The maximum absolute atomic E-state index is 11.9. The highest BCUT2D eigenvalue weighted by Gasteiger charge is 2.18. The summed E-state index contributed by atoms with van der Waals surface area (Å²) in [5.41, 5.74) is 1.85. The topological polar surface area (TPSA) is 29.4 Å². The van der Waals surface area contributed by atoms with Crippen LogP contribution in [0.5, 0.6) is 0 Å². The minimum atomic E-state index is -0.199. The minimum Gasteiger partial charge on any atom is -0.267 e. The summed E-state index contributed by atoms with van der Waals surface area (Å²) < 4.78 is 0. The van der Waals surface area contributed by atoms with Crippen molar-refractivity contribution in [3.8, 4) is 0 Å². The number of nitrogens with zero attached hydrogens (tertiary/aromatic N) is 1. The van der Waals surface area contributed by atoms with E-state index >= 15 is 0 Å². The third-order valence-corrected chi connectivity index (χ3v) is 5.91. The number of aliphatic imine (C=N–C) groups is 1. The van der Waals surface area contributed by atoms with E-state index in [9.17, 15) is 4.79 Å². The Bertz CT molecular complexity index is 655. The lowest BCUT2D eigenvalue weighted by Crippen LogP contribution is -2.12. The van der Waals surface area contributed by atoms with Crippen molar-refractivity contribution in [3.63, 3.8) is 0 Å². The van der Waals surface area contributed by atoms with Gasteiger partial charge in [-0.25, -0.2) is 4.99 Å². The van der Waals surface area contributed by atoms with Gasteiger partial charge in [0.2, 0.25) is 0 Å². The molecule has 22 heavy (non-hydrogen) atoms. The molecule has 1 aliphatic rings. The Balaban J connectivity index is 2.19. The Hall–Kier alpha value is -0.480. The van der Waals surface area contributed by atoms with E-state index in [1.54, 1.807) is 18.2 Å². The average Bonchev–Trinajstić information content (AvgIpc) is 2.46. The van der Waals surface area contributed by atoms with Gasteiger partial charge in [-0.2, -0.15) is 0 Å². The van der Waals surface area contributed by atoms with Crippen molar-refractivity contribution < 1.29 is 4.79 Å². The normalized spacial score (nSPS) is 21.7. The quantitative estimate of drug-likeness (QED) is 0.577. The van der Waals surface area contributed by atoms with Gasteiger partial charge in [0, 0.05) is 28.3 Å². The van der Waals surface area contributed by atoms with Gasteiger partial charge >= 0.3 is 0 Å². The molecule has 1 amide bonds. The number of benzene rings is 1.